The highest BCUT2D eigenvalue weighted by molar-refractivity contribution is 7.47. The van der Waals surface area contributed by atoms with Gasteiger partial charge < -0.3 is 33.8 Å². The SMILES string of the molecule is CCCCCCCCCCCCCCCCCCCCCCCC(=O)OC[C@H](COP(=O)(O)OC[C@@H](O)COP(=O)(O)OC[C@@H](COC(=O)CCCCCCCCCC)OC(=O)CCCCCCCCCCCC)OC(=O)CCCCCCCCCCCCCCCCCCCCC(C)C. The molecule has 0 saturated heterocycles. The number of rotatable bonds is 81. The number of carbonyl (C=O) groups excluding carboxylic acids is 4. The van der Waals surface area contributed by atoms with E-state index in [2.05, 4.69) is 34.6 Å². The van der Waals surface area contributed by atoms with E-state index in [9.17, 15) is 43.2 Å². The van der Waals surface area contributed by atoms with Crippen LogP contribution in [0, 0.1) is 5.92 Å². The molecule has 0 rings (SSSR count). The van der Waals surface area contributed by atoms with Crippen LogP contribution in [0.2, 0.25) is 0 Å². The third-order valence-corrected chi connectivity index (χ3v) is 20.9. The van der Waals surface area contributed by atoms with Crippen LogP contribution < -0.4 is 0 Å². The fourth-order valence-electron chi connectivity index (χ4n) is 12.6. The van der Waals surface area contributed by atoms with Crippen molar-refractivity contribution in [3.8, 4) is 0 Å². The molecule has 0 heterocycles. The number of aliphatic hydroxyl groups is 1. The second-order valence-corrected chi connectivity index (χ2v) is 32.5. The Hall–Kier alpha value is -1.94. The standard InChI is InChI=1S/C81H158O17P2/c1-6-9-12-15-18-21-23-24-25-26-27-28-29-33-36-39-42-46-50-55-60-65-79(84)92-71-77(98-81(86)67-62-57-52-47-43-40-37-34-31-30-32-35-38-41-44-48-53-58-63-74(4)5)73-96-100(89,90)94-69-75(82)68-93-99(87,88)95-72-76(70-91-78(83)64-59-54-49-20-17-14-11-8-3)97-80(85)66-61-56-51-45-22-19-16-13-10-7-2/h74-77,82H,6-73H2,1-5H3,(H,87,88)(H,89,90)/t75-,76+,77+/m0/s1. The van der Waals surface area contributed by atoms with Crippen molar-refractivity contribution < 1.29 is 80.2 Å². The molecule has 0 aliphatic rings. The molecule has 0 fully saturated rings. The second kappa shape index (κ2) is 73.9. The zero-order valence-corrected chi connectivity index (χ0v) is 67.1. The van der Waals surface area contributed by atoms with E-state index in [1.807, 2.05) is 0 Å². The van der Waals surface area contributed by atoms with Gasteiger partial charge in [0.25, 0.3) is 0 Å². The first-order chi connectivity index (χ1) is 48.5. The number of aliphatic hydroxyl groups excluding tert-OH is 1. The Kier molecular flexibility index (Phi) is 72.5. The van der Waals surface area contributed by atoms with Crippen LogP contribution >= 0.6 is 15.6 Å². The van der Waals surface area contributed by atoms with Gasteiger partial charge in [0.1, 0.15) is 19.3 Å². The third-order valence-electron chi connectivity index (χ3n) is 19.0. The van der Waals surface area contributed by atoms with Gasteiger partial charge in [-0.25, -0.2) is 9.13 Å². The number of hydrogen-bond acceptors (Lipinski definition) is 15. The molecule has 0 saturated carbocycles. The normalized spacial score (nSPS) is 13.8. The molecule has 0 aliphatic carbocycles. The summed E-state index contributed by atoms with van der Waals surface area (Å²) in [5, 5.41) is 10.6. The van der Waals surface area contributed by atoms with E-state index in [0.717, 1.165) is 102 Å². The zero-order chi connectivity index (χ0) is 73.4. The van der Waals surface area contributed by atoms with Gasteiger partial charge in [-0.1, -0.05) is 381 Å². The van der Waals surface area contributed by atoms with Gasteiger partial charge in [-0.15, -0.1) is 0 Å². The summed E-state index contributed by atoms with van der Waals surface area (Å²) in [4.78, 5) is 72.8. The molecule has 2 unspecified atom stereocenters. The van der Waals surface area contributed by atoms with Crippen molar-refractivity contribution >= 4 is 39.5 Å². The Morgan fingerprint density at radius 2 is 0.460 bits per heavy atom. The quantitative estimate of drug-likeness (QED) is 0.0222. The lowest BCUT2D eigenvalue weighted by Crippen LogP contribution is -2.30. The van der Waals surface area contributed by atoms with Crippen molar-refractivity contribution in [1.29, 1.82) is 0 Å². The van der Waals surface area contributed by atoms with Crippen LogP contribution in [0.1, 0.15) is 433 Å². The van der Waals surface area contributed by atoms with Gasteiger partial charge in [0.2, 0.25) is 0 Å². The van der Waals surface area contributed by atoms with Crippen LogP contribution in [0.15, 0.2) is 0 Å². The minimum atomic E-state index is -4.96. The van der Waals surface area contributed by atoms with E-state index >= 15 is 0 Å². The number of hydrogen-bond donors (Lipinski definition) is 3. The van der Waals surface area contributed by atoms with Gasteiger partial charge >= 0.3 is 39.5 Å². The maximum Gasteiger partial charge on any atom is 0.472 e. The molecule has 0 radical (unpaired) electrons. The summed E-state index contributed by atoms with van der Waals surface area (Å²) in [6.07, 6.45) is 65.5. The molecule has 0 aromatic carbocycles. The van der Waals surface area contributed by atoms with Gasteiger partial charge in [0.05, 0.1) is 26.4 Å². The first-order valence-electron chi connectivity index (χ1n) is 42.1. The number of unbranched alkanes of at least 4 members (excludes halogenated alkanes) is 53. The smallest absolute Gasteiger partial charge is 0.462 e. The number of esters is 4. The summed E-state index contributed by atoms with van der Waals surface area (Å²) in [7, 11) is -9.91. The van der Waals surface area contributed by atoms with Gasteiger partial charge in [-0.3, -0.25) is 37.3 Å². The van der Waals surface area contributed by atoms with E-state index in [1.54, 1.807) is 0 Å². The molecule has 100 heavy (non-hydrogen) atoms. The van der Waals surface area contributed by atoms with E-state index in [1.165, 1.54) is 250 Å². The van der Waals surface area contributed by atoms with Gasteiger partial charge in [0, 0.05) is 25.7 Å². The average molecular weight is 1470 g/mol. The van der Waals surface area contributed by atoms with E-state index in [4.69, 9.17) is 37.0 Å². The molecular weight excluding hydrogens is 1310 g/mol. The molecule has 0 bridgehead atoms. The number of phosphoric acid groups is 2. The van der Waals surface area contributed by atoms with E-state index < -0.39 is 97.5 Å². The number of phosphoric ester groups is 2. The number of carbonyl (C=O) groups is 4. The zero-order valence-electron chi connectivity index (χ0n) is 65.3. The van der Waals surface area contributed by atoms with E-state index in [0.29, 0.717) is 25.7 Å². The van der Waals surface area contributed by atoms with Crippen molar-refractivity contribution in [3.05, 3.63) is 0 Å². The molecule has 0 aliphatic heterocycles. The Labute approximate surface area is 613 Å². The summed E-state index contributed by atoms with van der Waals surface area (Å²) in [6.45, 7) is 7.32. The Morgan fingerprint density at radius 1 is 0.270 bits per heavy atom. The summed E-state index contributed by atoms with van der Waals surface area (Å²) < 4.78 is 68.5. The molecular formula is C81H158O17P2. The Morgan fingerprint density at radius 3 is 0.680 bits per heavy atom. The molecule has 594 valence electrons. The molecule has 0 amide bonds. The van der Waals surface area contributed by atoms with E-state index in [-0.39, 0.29) is 25.7 Å². The summed E-state index contributed by atoms with van der Waals surface area (Å²) in [6, 6.07) is 0. The second-order valence-electron chi connectivity index (χ2n) is 29.6. The average Bonchev–Trinajstić information content (AvgIpc) is 0.992. The molecule has 0 aromatic heterocycles. The van der Waals surface area contributed by atoms with Crippen molar-refractivity contribution in [2.24, 2.45) is 5.92 Å². The highest BCUT2D eigenvalue weighted by atomic mass is 31.2. The molecule has 19 heteroatoms. The maximum atomic E-state index is 13.1. The predicted octanol–water partition coefficient (Wildman–Crippen LogP) is 24.4. The molecule has 3 N–H and O–H groups in total. The minimum absolute atomic E-state index is 0.107. The summed E-state index contributed by atoms with van der Waals surface area (Å²) in [5.74, 6) is -1.29. The van der Waals surface area contributed by atoms with Crippen LogP contribution in [-0.2, 0) is 65.4 Å². The lowest BCUT2D eigenvalue weighted by atomic mass is 10.0. The lowest BCUT2D eigenvalue weighted by Gasteiger charge is -2.21. The van der Waals surface area contributed by atoms with Gasteiger partial charge in [-0.05, 0) is 31.6 Å². The largest absolute Gasteiger partial charge is 0.472 e. The molecule has 5 atom stereocenters. The van der Waals surface area contributed by atoms with Crippen LogP contribution in [0.3, 0.4) is 0 Å². The molecule has 0 aromatic rings. The van der Waals surface area contributed by atoms with Gasteiger partial charge in [-0.2, -0.15) is 0 Å². The predicted molar refractivity (Wildman–Crippen MR) is 409 cm³/mol. The lowest BCUT2D eigenvalue weighted by molar-refractivity contribution is -0.161. The monoisotopic (exact) mass is 1470 g/mol. The van der Waals surface area contributed by atoms with Crippen LogP contribution in [0.5, 0.6) is 0 Å². The van der Waals surface area contributed by atoms with Crippen molar-refractivity contribution in [2.75, 3.05) is 39.6 Å². The molecule has 0 spiro atoms. The van der Waals surface area contributed by atoms with Crippen molar-refractivity contribution in [3.63, 3.8) is 0 Å². The third kappa shape index (κ3) is 74.3. The van der Waals surface area contributed by atoms with Crippen LogP contribution in [-0.4, -0.2) is 96.7 Å². The maximum absolute atomic E-state index is 13.1. The first-order valence-corrected chi connectivity index (χ1v) is 45.1. The first kappa shape index (κ1) is 98.1. The topological polar surface area (TPSA) is 237 Å². The fourth-order valence-corrected chi connectivity index (χ4v) is 14.2. The minimum Gasteiger partial charge on any atom is -0.462 e. The Bertz CT molecular complexity index is 1910. The highest BCUT2D eigenvalue weighted by Gasteiger charge is 2.30. The van der Waals surface area contributed by atoms with Crippen LogP contribution in [0.25, 0.3) is 0 Å². The molecule has 17 nitrogen and oxygen atoms in total. The highest BCUT2D eigenvalue weighted by Crippen LogP contribution is 2.45. The van der Waals surface area contributed by atoms with Crippen molar-refractivity contribution in [2.45, 2.75) is 451 Å². The number of ether oxygens (including phenoxy) is 4. The Balaban J connectivity index is 5.14. The van der Waals surface area contributed by atoms with Crippen molar-refractivity contribution in [1.82, 2.24) is 0 Å². The summed E-state index contributed by atoms with van der Waals surface area (Å²) in [5.41, 5.74) is 0. The van der Waals surface area contributed by atoms with Gasteiger partial charge in [0.15, 0.2) is 12.2 Å². The summed E-state index contributed by atoms with van der Waals surface area (Å²) >= 11 is 0. The van der Waals surface area contributed by atoms with Crippen LogP contribution in [0.4, 0.5) is 0 Å². The fraction of sp³-hybridized carbons (Fsp3) is 0.951.